The quantitative estimate of drug-likeness (QED) is 0.542. The number of benzene rings is 1. The van der Waals surface area contributed by atoms with Gasteiger partial charge in [-0.3, -0.25) is 0 Å². The van der Waals surface area contributed by atoms with E-state index >= 15 is 0 Å². The van der Waals surface area contributed by atoms with Crippen LogP contribution in [0.5, 0.6) is 11.5 Å². The number of hydrogen-bond acceptors (Lipinski definition) is 4. The van der Waals surface area contributed by atoms with E-state index in [-0.39, 0.29) is 28.9 Å². The number of hydrogen-bond donors (Lipinski definition) is 3. The van der Waals surface area contributed by atoms with Crippen LogP contribution in [0, 0.1) is 29.6 Å². The minimum absolute atomic E-state index is 0.0608. The van der Waals surface area contributed by atoms with Crippen LogP contribution in [0.1, 0.15) is 49.7 Å². The second kappa shape index (κ2) is 5.40. The van der Waals surface area contributed by atoms with Crippen LogP contribution < -0.4 is 0 Å². The van der Waals surface area contributed by atoms with Crippen molar-refractivity contribution in [2.75, 3.05) is 7.11 Å². The molecule has 134 valence electrons. The molecule has 0 heterocycles. The molecule has 0 saturated heterocycles. The van der Waals surface area contributed by atoms with Gasteiger partial charge in [0.25, 0.3) is 0 Å². The van der Waals surface area contributed by atoms with Crippen molar-refractivity contribution in [1.82, 2.24) is 0 Å². The molecule has 4 heteroatoms. The minimum Gasteiger partial charge on any atom is -0.504 e. The molecule has 25 heavy (non-hydrogen) atoms. The number of phenolic OH excluding ortho intramolecular Hbond substituents is 2. The van der Waals surface area contributed by atoms with Gasteiger partial charge in [-0.15, -0.1) is 6.42 Å². The number of aryl methyl sites for hydroxylation is 1. The van der Waals surface area contributed by atoms with E-state index in [0.717, 1.165) is 30.4 Å². The van der Waals surface area contributed by atoms with Gasteiger partial charge in [-0.2, -0.15) is 0 Å². The van der Waals surface area contributed by atoms with Gasteiger partial charge in [0.2, 0.25) is 0 Å². The number of ether oxygens (including phenoxy) is 1. The molecule has 2 saturated carbocycles. The van der Waals surface area contributed by atoms with Gasteiger partial charge in [0.15, 0.2) is 11.5 Å². The Balaban J connectivity index is 1.81. The van der Waals surface area contributed by atoms with Crippen LogP contribution >= 0.6 is 0 Å². The number of methoxy groups -OCH3 is 1. The Hall–Kier alpha value is -1.70. The molecule has 2 fully saturated rings. The third kappa shape index (κ3) is 2.09. The van der Waals surface area contributed by atoms with Gasteiger partial charge in [0.05, 0.1) is 6.10 Å². The van der Waals surface area contributed by atoms with Crippen LogP contribution in [-0.2, 0) is 11.2 Å². The predicted octanol–water partition coefficient (Wildman–Crippen LogP) is 2.94. The molecular weight excluding hydrogens is 316 g/mol. The van der Waals surface area contributed by atoms with E-state index in [1.165, 1.54) is 0 Å². The Labute approximate surface area is 148 Å². The molecule has 3 aliphatic carbocycles. The predicted molar refractivity (Wildman–Crippen MR) is 94.4 cm³/mol. The van der Waals surface area contributed by atoms with Crippen molar-refractivity contribution < 1.29 is 20.1 Å². The Morgan fingerprint density at radius 2 is 1.96 bits per heavy atom. The minimum atomic E-state index is -1.07. The molecule has 4 nitrogen and oxygen atoms in total. The first kappa shape index (κ1) is 16.8. The molecule has 0 unspecified atom stereocenters. The van der Waals surface area contributed by atoms with Crippen molar-refractivity contribution in [3.05, 3.63) is 23.3 Å². The summed E-state index contributed by atoms with van der Waals surface area (Å²) in [6.45, 7) is 2.12. The second-order valence-corrected chi connectivity index (χ2v) is 8.31. The maximum Gasteiger partial charge on any atom is 0.157 e. The van der Waals surface area contributed by atoms with E-state index in [0.29, 0.717) is 24.7 Å². The van der Waals surface area contributed by atoms with E-state index in [2.05, 4.69) is 12.8 Å². The van der Waals surface area contributed by atoms with Crippen LogP contribution in [0.15, 0.2) is 12.1 Å². The van der Waals surface area contributed by atoms with Crippen molar-refractivity contribution in [2.45, 2.75) is 56.7 Å². The SMILES string of the molecule is C#C[C@]1(O)CC[C@H]2[C@@H]3CCc4cc(O)c(O)cc4[C@H]3[C@@H](OC)C[C@@]21C. The lowest BCUT2D eigenvalue weighted by Crippen LogP contribution is -2.54. The van der Waals surface area contributed by atoms with Crippen LogP contribution in [0.2, 0.25) is 0 Å². The summed E-state index contributed by atoms with van der Waals surface area (Å²) in [5, 5.41) is 30.9. The van der Waals surface area contributed by atoms with Gasteiger partial charge in [-0.05, 0) is 67.2 Å². The fourth-order valence-electron chi connectivity index (χ4n) is 6.12. The lowest BCUT2D eigenvalue weighted by Gasteiger charge is -2.54. The largest absolute Gasteiger partial charge is 0.504 e. The molecule has 1 aromatic carbocycles. The molecule has 3 N–H and O–H groups in total. The summed E-state index contributed by atoms with van der Waals surface area (Å²) < 4.78 is 5.87. The monoisotopic (exact) mass is 342 g/mol. The highest BCUT2D eigenvalue weighted by Gasteiger charge is 2.63. The second-order valence-electron chi connectivity index (χ2n) is 8.31. The van der Waals surface area contributed by atoms with Crippen LogP contribution in [0.25, 0.3) is 0 Å². The first-order chi connectivity index (χ1) is 11.8. The third-order valence-corrected chi connectivity index (χ3v) is 7.47. The Kier molecular flexibility index (Phi) is 3.62. The zero-order chi connectivity index (χ0) is 18.0. The Morgan fingerprint density at radius 3 is 2.64 bits per heavy atom. The van der Waals surface area contributed by atoms with Gasteiger partial charge < -0.3 is 20.1 Å². The molecule has 0 radical (unpaired) electrons. The molecule has 0 bridgehead atoms. The average molecular weight is 342 g/mol. The molecule has 3 aliphatic rings. The highest BCUT2D eigenvalue weighted by atomic mass is 16.5. The molecule has 0 spiro atoms. The van der Waals surface area contributed by atoms with E-state index in [4.69, 9.17) is 11.2 Å². The third-order valence-electron chi connectivity index (χ3n) is 7.47. The summed E-state index contributed by atoms with van der Waals surface area (Å²) in [4.78, 5) is 0. The summed E-state index contributed by atoms with van der Waals surface area (Å²) in [6, 6.07) is 3.40. The summed E-state index contributed by atoms with van der Waals surface area (Å²) >= 11 is 0. The zero-order valence-corrected chi connectivity index (χ0v) is 14.8. The number of fused-ring (bicyclic) bond motifs is 5. The van der Waals surface area contributed by atoms with E-state index in [9.17, 15) is 15.3 Å². The molecule has 1 aromatic rings. The van der Waals surface area contributed by atoms with Gasteiger partial charge >= 0.3 is 0 Å². The van der Waals surface area contributed by atoms with Crippen molar-refractivity contribution in [3.8, 4) is 23.8 Å². The molecular formula is C21H26O4. The van der Waals surface area contributed by atoms with E-state index in [1.807, 2.05) is 0 Å². The van der Waals surface area contributed by atoms with Crippen molar-refractivity contribution >= 4 is 0 Å². The molecule has 6 atom stereocenters. The van der Waals surface area contributed by atoms with Crippen LogP contribution in [0.3, 0.4) is 0 Å². The average Bonchev–Trinajstić information content (AvgIpc) is 2.87. The number of terminal acetylenes is 1. The maximum atomic E-state index is 11.1. The highest BCUT2D eigenvalue weighted by molar-refractivity contribution is 5.49. The summed E-state index contributed by atoms with van der Waals surface area (Å²) in [5.74, 6) is 3.42. The van der Waals surface area contributed by atoms with Crippen LogP contribution in [-0.4, -0.2) is 34.1 Å². The molecule has 0 aliphatic heterocycles. The van der Waals surface area contributed by atoms with Crippen molar-refractivity contribution in [2.24, 2.45) is 17.3 Å². The number of aliphatic hydroxyl groups is 1. The summed E-state index contributed by atoms with van der Waals surface area (Å²) in [7, 11) is 1.71. The molecule has 0 amide bonds. The number of rotatable bonds is 1. The standard InChI is InChI=1S/C21H26O4/c1-4-21(24)8-7-15-13-6-5-12-9-16(22)17(23)10-14(12)19(13)18(25-3)11-20(15,21)2/h1,9-10,13,15,18-19,22-24H,5-8,11H2,2-3H3/t13-,15-,18-,19-,20-,21-/m0/s1. The lowest BCUT2D eigenvalue weighted by molar-refractivity contribution is -0.116. The van der Waals surface area contributed by atoms with Gasteiger partial charge in [-0.25, -0.2) is 0 Å². The zero-order valence-electron chi connectivity index (χ0n) is 14.8. The highest BCUT2D eigenvalue weighted by Crippen LogP contribution is 2.64. The fraction of sp³-hybridized carbons (Fsp3) is 0.619. The van der Waals surface area contributed by atoms with Gasteiger partial charge in [0.1, 0.15) is 5.60 Å². The van der Waals surface area contributed by atoms with Gasteiger partial charge in [-0.1, -0.05) is 12.8 Å². The van der Waals surface area contributed by atoms with Crippen LogP contribution in [0.4, 0.5) is 0 Å². The van der Waals surface area contributed by atoms with E-state index < -0.39 is 5.60 Å². The van der Waals surface area contributed by atoms with Crippen molar-refractivity contribution in [1.29, 1.82) is 0 Å². The maximum absolute atomic E-state index is 11.1. The topological polar surface area (TPSA) is 69.9 Å². The fourth-order valence-corrected chi connectivity index (χ4v) is 6.12. The van der Waals surface area contributed by atoms with E-state index in [1.54, 1.807) is 19.2 Å². The first-order valence-electron chi connectivity index (χ1n) is 9.12. The lowest BCUT2D eigenvalue weighted by atomic mass is 9.52. The normalized spacial score (nSPS) is 42.2. The molecule has 0 aromatic heterocycles. The molecule has 4 rings (SSSR count). The first-order valence-corrected chi connectivity index (χ1v) is 9.12. The van der Waals surface area contributed by atoms with Gasteiger partial charge in [0, 0.05) is 18.4 Å². The van der Waals surface area contributed by atoms with Crippen molar-refractivity contribution in [3.63, 3.8) is 0 Å². The number of phenols is 2. The summed E-state index contributed by atoms with van der Waals surface area (Å²) in [6.07, 6.45) is 9.78. The smallest absolute Gasteiger partial charge is 0.157 e. The number of aromatic hydroxyl groups is 2. The Bertz CT molecular complexity index is 751. The Morgan fingerprint density at radius 1 is 1.24 bits per heavy atom. The summed E-state index contributed by atoms with van der Waals surface area (Å²) in [5.41, 5.74) is 0.751.